The van der Waals surface area contributed by atoms with Crippen molar-refractivity contribution in [2.24, 2.45) is 0 Å². The van der Waals surface area contributed by atoms with Gasteiger partial charge in [0, 0.05) is 17.8 Å². The molecule has 0 amide bonds. The number of aryl methyl sites for hydroxylation is 1. The molecule has 0 fully saturated rings. The van der Waals surface area contributed by atoms with Gasteiger partial charge in [0.1, 0.15) is 5.82 Å². The predicted octanol–water partition coefficient (Wildman–Crippen LogP) is 0.527. The van der Waals surface area contributed by atoms with E-state index in [2.05, 4.69) is 9.97 Å². The third-order valence-electron chi connectivity index (χ3n) is 2.36. The van der Waals surface area contributed by atoms with E-state index in [0.29, 0.717) is 11.6 Å². The van der Waals surface area contributed by atoms with E-state index in [9.17, 15) is 4.79 Å². The minimum absolute atomic E-state index is 0.243. The van der Waals surface area contributed by atoms with Gasteiger partial charge in [0.2, 0.25) is 5.88 Å². The number of methoxy groups -OCH3 is 1. The number of nitrogen functional groups attached to an aromatic ring is 1. The highest BCUT2D eigenvalue weighted by Crippen LogP contribution is 2.11. The first kappa shape index (κ1) is 11.1. The second kappa shape index (κ2) is 4.25. The number of ether oxygens (including phenoxy) is 1. The number of pyridine rings is 1. The zero-order chi connectivity index (χ0) is 12.4. The average Bonchev–Trinajstić information content (AvgIpc) is 2.34. The lowest BCUT2D eigenvalue weighted by molar-refractivity contribution is 0.398. The van der Waals surface area contributed by atoms with E-state index in [1.54, 1.807) is 25.3 Å². The van der Waals surface area contributed by atoms with Gasteiger partial charge in [-0.25, -0.2) is 9.78 Å². The van der Waals surface area contributed by atoms with Gasteiger partial charge in [0.25, 0.3) is 0 Å². The maximum atomic E-state index is 11.7. The van der Waals surface area contributed by atoms with Crippen LogP contribution in [0.4, 0.5) is 5.82 Å². The van der Waals surface area contributed by atoms with Crippen LogP contribution < -0.4 is 16.2 Å². The van der Waals surface area contributed by atoms with Gasteiger partial charge in [-0.1, -0.05) is 0 Å². The van der Waals surface area contributed by atoms with Crippen molar-refractivity contribution in [3.8, 4) is 11.6 Å². The summed E-state index contributed by atoms with van der Waals surface area (Å²) in [7, 11) is 1.53. The molecule has 0 aliphatic carbocycles. The highest BCUT2D eigenvalue weighted by molar-refractivity contribution is 5.39. The Morgan fingerprint density at radius 2 is 2.18 bits per heavy atom. The summed E-state index contributed by atoms with van der Waals surface area (Å²) in [5.41, 5.74) is 6.48. The lowest BCUT2D eigenvalue weighted by Gasteiger charge is -2.07. The summed E-state index contributed by atoms with van der Waals surface area (Å²) in [5.74, 6) is 0.731. The molecule has 0 aliphatic heterocycles. The van der Waals surface area contributed by atoms with Crippen LogP contribution in [0.15, 0.2) is 29.3 Å². The van der Waals surface area contributed by atoms with Crippen molar-refractivity contribution >= 4 is 5.82 Å². The molecule has 6 heteroatoms. The molecule has 88 valence electrons. The molecule has 0 aliphatic rings. The van der Waals surface area contributed by atoms with Crippen molar-refractivity contribution in [2.75, 3.05) is 12.8 Å². The summed E-state index contributed by atoms with van der Waals surface area (Å²) in [6, 6.07) is 3.40. The largest absolute Gasteiger partial charge is 0.481 e. The summed E-state index contributed by atoms with van der Waals surface area (Å²) < 4.78 is 6.33. The second-order valence-electron chi connectivity index (χ2n) is 3.52. The SMILES string of the molecule is COc1ccc(-n2cc(C)c(N)nc2=O)cn1. The Hall–Kier alpha value is -2.37. The number of anilines is 1. The predicted molar refractivity (Wildman–Crippen MR) is 63.3 cm³/mol. The van der Waals surface area contributed by atoms with Crippen molar-refractivity contribution < 1.29 is 4.74 Å². The molecule has 2 N–H and O–H groups in total. The van der Waals surface area contributed by atoms with E-state index in [4.69, 9.17) is 10.5 Å². The monoisotopic (exact) mass is 232 g/mol. The summed E-state index contributed by atoms with van der Waals surface area (Å²) >= 11 is 0. The molecule has 0 atom stereocenters. The van der Waals surface area contributed by atoms with Gasteiger partial charge in [-0.2, -0.15) is 4.98 Å². The Bertz CT molecular complexity index is 589. The molecule has 2 aromatic rings. The first-order chi connectivity index (χ1) is 8.11. The van der Waals surface area contributed by atoms with Crippen LogP contribution in [0.3, 0.4) is 0 Å². The van der Waals surface area contributed by atoms with E-state index in [0.717, 1.165) is 5.56 Å². The Morgan fingerprint density at radius 3 is 2.76 bits per heavy atom. The quantitative estimate of drug-likeness (QED) is 0.816. The van der Waals surface area contributed by atoms with Crippen molar-refractivity contribution in [2.45, 2.75) is 6.92 Å². The van der Waals surface area contributed by atoms with Crippen molar-refractivity contribution in [3.63, 3.8) is 0 Å². The van der Waals surface area contributed by atoms with Gasteiger partial charge in [-0.15, -0.1) is 0 Å². The normalized spacial score (nSPS) is 10.2. The van der Waals surface area contributed by atoms with Gasteiger partial charge < -0.3 is 10.5 Å². The number of nitrogens with two attached hydrogens (primary N) is 1. The van der Waals surface area contributed by atoms with Crippen LogP contribution >= 0.6 is 0 Å². The third kappa shape index (κ3) is 2.10. The fourth-order valence-corrected chi connectivity index (χ4v) is 1.38. The van der Waals surface area contributed by atoms with Crippen molar-refractivity contribution in [1.29, 1.82) is 0 Å². The van der Waals surface area contributed by atoms with E-state index in [-0.39, 0.29) is 5.82 Å². The minimum atomic E-state index is -0.430. The fraction of sp³-hybridized carbons (Fsp3) is 0.182. The molecule has 0 aromatic carbocycles. The Balaban J connectivity index is 2.52. The molecular formula is C11H12N4O2. The van der Waals surface area contributed by atoms with Crippen molar-refractivity contribution in [1.82, 2.24) is 14.5 Å². The van der Waals surface area contributed by atoms with Gasteiger partial charge in [0.15, 0.2) is 0 Å². The lowest BCUT2D eigenvalue weighted by Crippen LogP contribution is -2.23. The second-order valence-corrected chi connectivity index (χ2v) is 3.52. The number of hydrogen-bond donors (Lipinski definition) is 1. The fourth-order valence-electron chi connectivity index (χ4n) is 1.38. The molecule has 0 radical (unpaired) electrons. The molecule has 0 saturated carbocycles. The van der Waals surface area contributed by atoms with E-state index < -0.39 is 5.69 Å². The first-order valence-corrected chi connectivity index (χ1v) is 4.98. The maximum Gasteiger partial charge on any atom is 0.354 e. The van der Waals surface area contributed by atoms with E-state index in [1.807, 2.05) is 0 Å². The molecular weight excluding hydrogens is 220 g/mol. The molecule has 2 heterocycles. The summed E-state index contributed by atoms with van der Waals surface area (Å²) in [6.07, 6.45) is 3.17. The lowest BCUT2D eigenvalue weighted by atomic mass is 10.3. The summed E-state index contributed by atoms with van der Waals surface area (Å²) in [6.45, 7) is 1.79. The maximum absolute atomic E-state index is 11.7. The van der Waals surface area contributed by atoms with E-state index >= 15 is 0 Å². The number of rotatable bonds is 2. The molecule has 17 heavy (non-hydrogen) atoms. The zero-order valence-electron chi connectivity index (χ0n) is 9.54. The van der Waals surface area contributed by atoms with Crippen LogP contribution in [0, 0.1) is 6.92 Å². The molecule has 0 spiro atoms. The Kier molecular flexibility index (Phi) is 2.78. The van der Waals surface area contributed by atoms with Gasteiger partial charge in [-0.05, 0) is 13.0 Å². The Morgan fingerprint density at radius 1 is 1.41 bits per heavy atom. The third-order valence-corrected chi connectivity index (χ3v) is 2.36. The minimum Gasteiger partial charge on any atom is -0.481 e. The number of aromatic nitrogens is 3. The standard InChI is InChI=1S/C11H12N4O2/c1-7-6-15(11(16)14-10(7)12)8-3-4-9(17-2)13-5-8/h3-6H,1-2H3,(H2,12,14,16). The van der Waals surface area contributed by atoms with E-state index in [1.165, 1.54) is 17.9 Å². The topological polar surface area (TPSA) is 83.0 Å². The van der Waals surface area contributed by atoms with Crippen LogP contribution in [0.25, 0.3) is 5.69 Å². The van der Waals surface area contributed by atoms with Crippen LogP contribution in [0.1, 0.15) is 5.56 Å². The smallest absolute Gasteiger partial charge is 0.354 e. The van der Waals surface area contributed by atoms with Crippen LogP contribution in [0.2, 0.25) is 0 Å². The molecule has 0 unspecified atom stereocenters. The van der Waals surface area contributed by atoms with Crippen LogP contribution in [-0.4, -0.2) is 21.6 Å². The van der Waals surface area contributed by atoms with Gasteiger partial charge >= 0.3 is 5.69 Å². The first-order valence-electron chi connectivity index (χ1n) is 4.98. The molecule has 2 rings (SSSR count). The summed E-state index contributed by atoms with van der Waals surface area (Å²) in [5, 5.41) is 0. The molecule has 2 aromatic heterocycles. The number of nitrogens with zero attached hydrogens (tertiary/aromatic N) is 3. The highest BCUT2D eigenvalue weighted by atomic mass is 16.5. The molecule has 6 nitrogen and oxygen atoms in total. The van der Waals surface area contributed by atoms with Crippen LogP contribution in [-0.2, 0) is 0 Å². The van der Waals surface area contributed by atoms with Gasteiger partial charge in [-0.3, -0.25) is 4.57 Å². The van der Waals surface area contributed by atoms with Crippen LogP contribution in [0.5, 0.6) is 5.88 Å². The number of hydrogen-bond acceptors (Lipinski definition) is 5. The average molecular weight is 232 g/mol. The molecule has 0 bridgehead atoms. The Labute approximate surface area is 97.7 Å². The molecule has 0 saturated heterocycles. The van der Waals surface area contributed by atoms with Gasteiger partial charge in [0.05, 0.1) is 19.0 Å². The zero-order valence-corrected chi connectivity index (χ0v) is 9.54. The summed E-state index contributed by atoms with van der Waals surface area (Å²) in [4.78, 5) is 19.4. The highest BCUT2D eigenvalue weighted by Gasteiger charge is 2.05. The van der Waals surface area contributed by atoms with Crippen molar-refractivity contribution in [3.05, 3.63) is 40.6 Å².